The van der Waals surface area contributed by atoms with E-state index in [-0.39, 0.29) is 11.2 Å². The van der Waals surface area contributed by atoms with E-state index in [1.165, 1.54) is 11.8 Å². The molecule has 0 bridgehead atoms. The molecule has 2 aromatic rings. The van der Waals surface area contributed by atoms with E-state index in [4.69, 9.17) is 4.74 Å². The van der Waals surface area contributed by atoms with E-state index in [1.807, 2.05) is 40.7 Å². The Hall–Kier alpha value is -2.06. The number of methoxy groups -OCH3 is 1. The van der Waals surface area contributed by atoms with Gasteiger partial charge in [-0.2, -0.15) is 0 Å². The fourth-order valence-corrected chi connectivity index (χ4v) is 4.03. The number of nitrogens with one attached hydrogen (secondary N) is 1. The van der Waals surface area contributed by atoms with Crippen molar-refractivity contribution in [2.24, 2.45) is 0 Å². The highest BCUT2D eigenvalue weighted by Crippen LogP contribution is 2.26. The van der Waals surface area contributed by atoms with E-state index in [9.17, 15) is 4.79 Å². The molecule has 1 aliphatic rings. The van der Waals surface area contributed by atoms with Gasteiger partial charge in [0.2, 0.25) is 5.91 Å². The normalized spacial score (nSPS) is 16.5. The van der Waals surface area contributed by atoms with E-state index in [0.29, 0.717) is 5.16 Å². The van der Waals surface area contributed by atoms with Crippen LogP contribution in [-0.4, -0.2) is 70.7 Å². The van der Waals surface area contributed by atoms with E-state index < -0.39 is 0 Å². The lowest BCUT2D eigenvalue weighted by Gasteiger charge is -2.32. The summed E-state index contributed by atoms with van der Waals surface area (Å²) in [4.78, 5) is 16.3. The highest BCUT2D eigenvalue weighted by Gasteiger charge is 2.27. The number of ether oxygens (including phenoxy) is 1. The molecule has 1 aliphatic heterocycles. The minimum absolute atomic E-state index is 0.172. The summed E-state index contributed by atoms with van der Waals surface area (Å²) < 4.78 is 7.17. The number of thioether (sulfide) groups is 1. The molecule has 140 valence electrons. The standard InChI is InChI=1S/C18H25N5O2S/c1-4-21-8-10-22(11-9-21)17(24)14(2)26-18-20-19-13-23(18)15-6-5-7-16(12-15)25-3/h5-7,12-14H,4,8-11H2,1-3H3/p+1/t14-/m0/s1. The van der Waals surface area contributed by atoms with Crippen molar-refractivity contribution in [2.45, 2.75) is 24.3 Å². The van der Waals surface area contributed by atoms with Gasteiger partial charge in [-0.3, -0.25) is 9.36 Å². The van der Waals surface area contributed by atoms with Gasteiger partial charge in [0.1, 0.15) is 12.1 Å². The largest absolute Gasteiger partial charge is 0.497 e. The van der Waals surface area contributed by atoms with Crippen LogP contribution in [0.25, 0.3) is 5.69 Å². The monoisotopic (exact) mass is 376 g/mol. The number of carbonyl (C=O) groups is 1. The summed E-state index contributed by atoms with van der Waals surface area (Å²) in [6.45, 7) is 8.97. The number of quaternary nitrogens is 1. The zero-order chi connectivity index (χ0) is 18.5. The Kier molecular flexibility index (Phi) is 6.16. The molecular formula is C18H26N5O2S+. The molecule has 3 rings (SSSR count). The van der Waals surface area contributed by atoms with Gasteiger partial charge in [-0.25, -0.2) is 0 Å². The first kappa shape index (κ1) is 18.7. The number of nitrogens with zero attached hydrogens (tertiary/aromatic N) is 4. The van der Waals surface area contributed by atoms with Crippen LogP contribution in [0.1, 0.15) is 13.8 Å². The molecule has 0 radical (unpaired) electrons. The maximum atomic E-state index is 12.8. The maximum absolute atomic E-state index is 12.8. The third kappa shape index (κ3) is 4.19. The van der Waals surface area contributed by atoms with Crippen LogP contribution < -0.4 is 9.64 Å². The minimum Gasteiger partial charge on any atom is -0.497 e. The number of carbonyl (C=O) groups excluding carboxylic acids is 1. The molecule has 2 heterocycles. The summed E-state index contributed by atoms with van der Waals surface area (Å²) in [5.74, 6) is 0.943. The topological polar surface area (TPSA) is 64.7 Å². The highest BCUT2D eigenvalue weighted by molar-refractivity contribution is 8.00. The minimum atomic E-state index is -0.202. The Morgan fingerprint density at radius 3 is 2.85 bits per heavy atom. The van der Waals surface area contributed by atoms with Crippen molar-refractivity contribution in [3.63, 3.8) is 0 Å². The number of amides is 1. The van der Waals surface area contributed by atoms with Crippen molar-refractivity contribution in [3.05, 3.63) is 30.6 Å². The van der Waals surface area contributed by atoms with E-state index >= 15 is 0 Å². The molecule has 1 fully saturated rings. The molecule has 1 aromatic carbocycles. The summed E-state index contributed by atoms with van der Waals surface area (Å²) in [5, 5.41) is 8.73. The second-order valence-electron chi connectivity index (χ2n) is 6.37. The van der Waals surface area contributed by atoms with Crippen LogP contribution in [0.15, 0.2) is 35.7 Å². The molecule has 1 atom stereocenters. The molecule has 0 unspecified atom stereocenters. The van der Waals surface area contributed by atoms with Crippen LogP contribution in [0, 0.1) is 0 Å². The number of likely N-dealkylation sites (N-methyl/N-ethyl adjacent to an activating group) is 1. The van der Waals surface area contributed by atoms with E-state index in [1.54, 1.807) is 18.3 Å². The number of rotatable bonds is 6. The first-order chi connectivity index (χ1) is 12.6. The van der Waals surface area contributed by atoms with E-state index in [2.05, 4.69) is 17.1 Å². The Morgan fingerprint density at radius 1 is 1.38 bits per heavy atom. The van der Waals surface area contributed by atoms with Gasteiger partial charge in [-0.15, -0.1) is 10.2 Å². The predicted octanol–water partition coefficient (Wildman–Crippen LogP) is 0.504. The lowest BCUT2D eigenvalue weighted by atomic mass is 10.3. The van der Waals surface area contributed by atoms with Gasteiger partial charge in [-0.1, -0.05) is 17.8 Å². The van der Waals surface area contributed by atoms with Crippen LogP contribution >= 0.6 is 11.8 Å². The van der Waals surface area contributed by atoms with Crippen molar-refractivity contribution in [1.82, 2.24) is 19.7 Å². The van der Waals surface area contributed by atoms with Crippen LogP contribution in [0.2, 0.25) is 0 Å². The van der Waals surface area contributed by atoms with Crippen molar-refractivity contribution in [1.29, 1.82) is 0 Å². The molecule has 26 heavy (non-hydrogen) atoms. The molecule has 1 amide bonds. The number of hydrogen-bond acceptors (Lipinski definition) is 5. The SMILES string of the molecule is CC[NH+]1CCN(C(=O)[C@H](C)Sc2nncn2-c2cccc(OC)c2)CC1. The fourth-order valence-electron chi connectivity index (χ4n) is 3.10. The average molecular weight is 377 g/mol. The second-order valence-corrected chi connectivity index (χ2v) is 7.68. The Labute approximate surface area is 158 Å². The van der Waals surface area contributed by atoms with Crippen LogP contribution in [0.3, 0.4) is 0 Å². The van der Waals surface area contributed by atoms with Gasteiger partial charge in [0, 0.05) is 6.07 Å². The molecule has 0 spiro atoms. The molecule has 8 heteroatoms. The van der Waals surface area contributed by atoms with Crippen LogP contribution in [-0.2, 0) is 4.79 Å². The molecule has 0 aliphatic carbocycles. The predicted molar refractivity (Wildman–Crippen MR) is 101 cm³/mol. The maximum Gasteiger partial charge on any atom is 0.236 e. The van der Waals surface area contributed by atoms with Gasteiger partial charge in [-0.05, 0) is 26.0 Å². The summed E-state index contributed by atoms with van der Waals surface area (Å²) in [6.07, 6.45) is 1.66. The number of piperazine rings is 1. The molecular weight excluding hydrogens is 350 g/mol. The highest BCUT2D eigenvalue weighted by atomic mass is 32.2. The summed E-state index contributed by atoms with van der Waals surface area (Å²) >= 11 is 1.44. The van der Waals surface area contributed by atoms with Crippen LogP contribution in [0.4, 0.5) is 0 Å². The lowest BCUT2D eigenvalue weighted by Crippen LogP contribution is -3.14. The number of aromatic nitrogens is 3. The summed E-state index contributed by atoms with van der Waals surface area (Å²) in [7, 11) is 1.64. The van der Waals surface area contributed by atoms with Crippen molar-refractivity contribution < 1.29 is 14.4 Å². The smallest absolute Gasteiger partial charge is 0.236 e. The van der Waals surface area contributed by atoms with Gasteiger partial charge < -0.3 is 14.5 Å². The number of benzene rings is 1. The third-order valence-corrected chi connectivity index (χ3v) is 5.80. The Balaban J connectivity index is 1.67. The first-order valence-corrected chi connectivity index (χ1v) is 9.83. The average Bonchev–Trinajstić information content (AvgIpc) is 3.15. The van der Waals surface area contributed by atoms with E-state index in [0.717, 1.165) is 44.2 Å². The van der Waals surface area contributed by atoms with Crippen molar-refractivity contribution >= 4 is 17.7 Å². The molecule has 7 nitrogen and oxygen atoms in total. The molecule has 1 N–H and O–H groups in total. The zero-order valence-electron chi connectivity index (χ0n) is 15.5. The molecule has 1 aromatic heterocycles. The summed E-state index contributed by atoms with van der Waals surface area (Å²) in [5.41, 5.74) is 0.914. The quantitative estimate of drug-likeness (QED) is 0.744. The third-order valence-electron chi connectivity index (χ3n) is 4.76. The van der Waals surface area contributed by atoms with Gasteiger partial charge in [0.05, 0.1) is 50.8 Å². The Morgan fingerprint density at radius 2 is 2.15 bits per heavy atom. The van der Waals surface area contributed by atoms with Crippen molar-refractivity contribution in [3.8, 4) is 11.4 Å². The Bertz CT molecular complexity index is 743. The van der Waals surface area contributed by atoms with Gasteiger partial charge >= 0.3 is 0 Å². The van der Waals surface area contributed by atoms with Gasteiger partial charge in [0.15, 0.2) is 5.16 Å². The van der Waals surface area contributed by atoms with Gasteiger partial charge in [0.25, 0.3) is 0 Å². The molecule has 1 saturated heterocycles. The number of hydrogen-bond donors (Lipinski definition) is 1. The van der Waals surface area contributed by atoms with Crippen LogP contribution in [0.5, 0.6) is 5.75 Å². The summed E-state index contributed by atoms with van der Waals surface area (Å²) in [6, 6.07) is 7.71. The molecule has 0 saturated carbocycles. The first-order valence-electron chi connectivity index (χ1n) is 8.95. The lowest BCUT2D eigenvalue weighted by molar-refractivity contribution is -0.902. The van der Waals surface area contributed by atoms with Crippen molar-refractivity contribution in [2.75, 3.05) is 39.8 Å². The zero-order valence-corrected chi connectivity index (χ0v) is 16.3. The second kappa shape index (κ2) is 8.55. The fraction of sp³-hybridized carbons (Fsp3) is 0.500.